The zero-order valence-corrected chi connectivity index (χ0v) is 10.1. The Morgan fingerprint density at radius 2 is 1.56 bits per heavy atom. The predicted octanol–water partition coefficient (Wildman–Crippen LogP) is 2.07. The summed E-state index contributed by atoms with van der Waals surface area (Å²) >= 11 is 0. The van der Waals surface area contributed by atoms with Crippen LogP contribution in [0.5, 0.6) is 5.75 Å². The summed E-state index contributed by atoms with van der Waals surface area (Å²) in [5.74, 6) is 0.236. The number of benzene rings is 2. The Labute approximate surface area is 104 Å². The first-order chi connectivity index (χ1) is 8.61. The average Bonchev–Trinajstić information content (AvgIpc) is 2.61. The number of imide groups is 1. The second-order valence-electron chi connectivity index (χ2n) is 4.28. The van der Waals surface area contributed by atoms with Gasteiger partial charge in [0.05, 0.1) is 18.2 Å². The summed E-state index contributed by atoms with van der Waals surface area (Å²) in [6.07, 6.45) is 0. The van der Waals surface area contributed by atoms with Gasteiger partial charge in [0.1, 0.15) is 5.75 Å². The Balaban J connectivity index is 2.29. The molecule has 0 atom stereocenters. The minimum absolute atomic E-state index is 0.243. The van der Waals surface area contributed by atoms with Gasteiger partial charge in [-0.25, -0.2) is 0 Å². The monoisotopic (exact) mass is 241 g/mol. The molecule has 1 aliphatic heterocycles. The van der Waals surface area contributed by atoms with E-state index in [1.807, 2.05) is 18.2 Å². The van der Waals surface area contributed by atoms with E-state index in [4.69, 9.17) is 4.74 Å². The van der Waals surface area contributed by atoms with Crippen LogP contribution in [0.4, 0.5) is 0 Å². The quantitative estimate of drug-likeness (QED) is 0.718. The molecular formula is C14H11NO3. The molecule has 0 fully saturated rings. The average molecular weight is 241 g/mol. The van der Waals surface area contributed by atoms with E-state index in [9.17, 15) is 9.59 Å². The van der Waals surface area contributed by atoms with Gasteiger partial charge in [-0.15, -0.1) is 0 Å². The molecule has 0 saturated carbocycles. The first kappa shape index (κ1) is 10.8. The zero-order valence-electron chi connectivity index (χ0n) is 10.1. The highest BCUT2D eigenvalue weighted by Gasteiger charge is 2.32. The molecule has 1 heterocycles. The van der Waals surface area contributed by atoms with Gasteiger partial charge in [0, 0.05) is 7.05 Å². The zero-order chi connectivity index (χ0) is 12.9. The summed E-state index contributed by atoms with van der Waals surface area (Å²) in [6.45, 7) is 0. The van der Waals surface area contributed by atoms with Crippen LogP contribution < -0.4 is 4.74 Å². The lowest BCUT2D eigenvalue weighted by molar-refractivity contribution is 0.0693. The molecule has 18 heavy (non-hydrogen) atoms. The number of ether oxygens (including phenoxy) is 1. The van der Waals surface area contributed by atoms with Crippen molar-refractivity contribution in [2.75, 3.05) is 14.2 Å². The molecule has 4 heteroatoms. The minimum atomic E-state index is -0.250. The summed E-state index contributed by atoms with van der Waals surface area (Å²) < 4.78 is 5.15. The lowest BCUT2D eigenvalue weighted by Gasteiger charge is -2.03. The Hall–Kier alpha value is -2.36. The molecule has 3 rings (SSSR count). The Morgan fingerprint density at radius 1 is 0.944 bits per heavy atom. The van der Waals surface area contributed by atoms with Gasteiger partial charge >= 0.3 is 0 Å². The van der Waals surface area contributed by atoms with Crippen LogP contribution >= 0.6 is 0 Å². The van der Waals surface area contributed by atoms with Gasteiger partial charge in [0.2, 0.25) is 0 Å². The molecule has 2 aromatic carbocycles. The summed E-state index contributed by atoms with van der Waals surface area (Å²) in [5, 5.41) is 1.82. The van der Waals surface area contributed by atoms with Crippen LogP contribution in [0.25, 0.3) is 10.8 Å². The maximum Gasteiger partial charge on any atom is 0.261 e. The predicted molar refractivity (Wildman–Crippen MR) is 66.9 cm³/mol. The molecule has 4 nitrogen and oxygen atoms in total. The van der Waals surface area contributed by atoms with E-state index in [1.165, 1.54) is 7.05 Å². The van der Waals surface area contributed by atoms with E-state index < -0.39 is 0 Å². The number of carbonyl (C=O) groups excluding carboxylic acids is 2. The van der Waals surface area contributed by atoms with Crippen molar-refractivity contribution in [3.63, 3.8) is 0 Å². The minimum Gasteiger partial charge on any atom is -0.497 e. The number of fused-ring (bicyclic) bond motifs is 2. The Kier molecular flexibility index (Phi) is 2.13. The van der Waals surface area contributed by atoms with Crippen LogP contribution in [-0.2, 0) is 0 Å². The van der Waals surface area contributed by atoms with Crippen molar-refractivity contribution in [3.8, 4) is 5.75 Å². The molecule has 2 aromatic rings. The van der Waals surface area contributed by atoms with Gasteiger partial charge in [-0.2, -0.15) is 0 Å². The number of hydrogen-bond donors (Lipinski definition) is 0. The van der Waals surface area contributed by atoms with Crippen LogP contribution in [0, 0.1) is 0 Å². The molecule has 0 aromatic heterocycles. The van der Waals surface area contributed by atoms with Crippen molar-refractivity contribution >= 4 is 22.6 Å². The largest absolute Gasteiger partial charge is 0.497 e. The maximum absolute atomic E-state index is 11.9. The van der Waals surface area contributed by atoms with E-state index in [0.29, 0.717) is 11.1 Å². The van der Waals surface area contributed by atoms with E-state index in [0.717, 1.165) is 21.4 Å². The Morgan fingerprint density at radius 3 is 2.17 bits per heavy atom. The van der Waals surface area contributed by atoms with E-state index in [1.54, 1.807) is 19.2 Å². The van der Waals surface area contributed by atoms with E-state index in [2.05, 4.69) is 0 Å². The highest BCUT2D eigenvalue weighted by molar-refractivity contribution is 6.22. The highest BCUT2D eigenvalue weighted by atomic mass is 16.5. The van der Waals surface area contributed by atoms with Gasteiger partial charge in [0.25, 0.3) is 11.8 Å². The number of nitrogens with zero attached hydrogens (tertiary/aromatic N) is 1. The van der Waals surface area contributed by atoms with Gasteiger partial charge in [-0.05, 0) is 35.0 Å². The number of rotatable bonds is 1. The van der Waals surface area contributed by atoms with Crippen molar-refractivity contribution in [2.24, 2.45) is 0 Å². The first-order valence-electron chi connectivity index (χ1n) is 5.56. The van der Waals surface area contributed by atoms with Crippen molar-refractivity contribution < 1.29 is 14.3 Å². The first-order valence-corrected chi connectivity index (χ1v) is 5.56. The van der Waals surface area contributed by atoms with Crippen LogP contribution in [-0.4, -0.2) is 30.9 Å². The fourth-order valence-electron chi connectivity index (χ4n) is 2.21. The number of methoxy groups -OCH3 is 1. The van der Waals surface area contributed by atoms with Crippen LogP contribution in [0.3, 0.4) is 0 Å². The second kappa shape index (κ2) is 3.57. The highest BCUT2D eigenvalue weighted by Crippen LogP contribution is 2.29. The number of hydrogen-bond acceptors (Lipinski definition) is 3. The fourth-order valence-corrected chi connectivity index (χ4v) is 2.21. The fraction of sp³-hybridized carbons (Fsp3) is 0.143. The topological polar surface area (TPSA) is 46.6 Å². The molecule has 0 aliphatic carbocycles. The molecule has 0 bridgehead atoms. The van der Waals surface area contributed by atoms with E-state index in [-0.39, 0.29) is 11.8 Å². The van der Waals surface area contributed by atoms with Crippen molar-refractivity contribution in [2.45, 2.75) is 0 Å². The lowest BCUT2D eigenvalue weighted by atomic mass is 10.0. The maximum atomic E-state index is 11.9. The summed E-state index contributed by atoms with van der Waals surface area (Å²) in [5.41, 5.74) is 0.934. The standard InChI is InChI=1S/C14H11NO3/c1-15-13(16)11-6-8-3-4-10(18-2)5-9(8)7-12(11)14(15)17/h3-7H,1-2H3. The molecule has 0 spiro atoms. The van der Waals surface area contributed by atoms with Gasteiger partial charge in [-0.3, -0.25) is 14.5 Å². The smallest absolute Gasteiger partial charge is 0.261 e. The Bertz CT molecular complexity index is 691. The van der Waals surface area contributed by atoms with E-state index >= 15 is 0 Å². The van der Waals surface area contributed by atoms with Crippen LogP contribution in [0.2, 0.25) is 0 Å². The molecule has 2 amide bonds. The molecule has 0 N–H and O–H groups in total. The third kappa shape index (κ3) is 1.32. The lowest BCUT2D eigenvalue weighted by Crippen LogP contribution is -2.24. The van der Waals surface area contributed by atoms with Crippen LogP contribution in [0.15, 0.2) is 30.3 Å². The summed E-state index contributed by atoms with van der Waals surface area (Å²) in [4.78, 5) is 24.9. The third-order valence-corrected chi connectivity index (χ3v) is 3.25. The molecule has 90 valence electrons. The van der Waals surface area contributed by atoms with Gasteiger partial charge in [-0.1, -0.05) is 6.07 Å². The molecular weight excluding hydrogens is 230 g/mol. The van der Waals surface area contributed by atoms with Gasteiger partial charge < -0.3 is 4.74 Å². The SMILES string of the molecule is COc1ccc2cc3c(cc2c1)C(=O)N(C)C3=O. The molecule has 0 unspecified atom stereocenters. The second-order valence-corrected chi connectivity index (χ2v) is 4.28. The summed E-state index contributed by atoms with van der Waals surface area (Å²) in [7, 11) is 3.09. The molecule has 1 aliphatic rings. The normalized spacial score (nSPS) is 14.2. The van der Waals surface area contributed by atoms with Crippen LogP contribution in [0.1, 0.15) is 20.7 Å². The number of carbonyl (C=O) groups is 2. The molecule has 0 saturated heterocycles. The van der Waals surface area contributed by atoms with Gasteiger partial charge in [0.15, 0.2) is 0 Å². The van der Waals surface area contributed by atoms with Crippen molar-refractivity contribution in [1.82, 2.24) is 4.90 Å². The van der Waals surface area contributed by atoms with Crippen molar-refractivity contribution in [1.29, 1.82) is 0 Å². The third-order valence-electron chi connectivity index (χ3n) is 3.25. The summed E-state index contributed by atoms with van der Waals surface area (Å²) in [6, 6.07) is 9.07. The molecule has 0 radical (unpaired) electrons. The van der Waals surface area contributed by atoms with Crippen molar-refractivity contribution in [3.05, 3.63) is 41.5 Å². The number of amides is 2.